The van der Waals surface area contributed by atoms with Gasteiger partial charge in [-0.3, -0.25) is 9.59 Å². The molecule has 0 aromatic carbocycles. The number of amides is 1. The summed E-state index contributed by atoms with van der Waals surface area (Å²) in [6.45, 7) is 4.94. The fraction of sp³-hybridized carbons (Fsp3) is 0.938. The van der Waals surface area contributed by atoms with Crippen molar-refractivity contribution in [1.82, 2.24) is 5.32 Å². The maximum atomic E-state index is 12.5. The van der Waals surface area contributed by atoms with Crippen LogP contribution in [0.5, 0.6) is 0 Å². The van der Waals surface area contributed by atoms with E-state index in [2.05, 4.69) is 31.3 Å². The Hall–Kier alpha value is -1.40. The molecule has 0 spiro atoms. The highest BCUT2D eigenvalue weighted by atomic mass is 16.5. The summed E-state index contributed by atoms with van der Waals surface area (Å²) in [6.07, 6.45) is 72.2. The van der Waals surface area contributed by atoms with Gasteiger partial charge in [0, 0.05) is 12.8 Å². The molecule has 0 heterocycles. The van der Waals surface area contributed by atoms with Gasteiger partial charge < -0.3 is 20.3 Å². The molecule has 0 rings (SSSR count). The van der Waals surface area contributed by atoms with Crippen LogP contribution in [0.4, 0.5) is 0 Å². The quantitative estimate of drug-likeness (QED) is 0.0321. The van der Waals surface area contributed by atoms with Gasteiger partial charge in [-0.15, -0.1) is 0 Å². The lowest BCUT2D eigenvalue weighted by atomic mass is 10.0. The van der Waals surface area contributed by atoms with E-state index in [1.165, 1.54) is 283 Å². The Bertz CT molecular complexity index is 1050. The second kappa shape index (κ2) is 60.2. The Morgan fingerprint density at radius 1 is 0.386 bits per heavy atom. The fourth-order valence-electron chi connectivity index (χ4n) is 10.2. The molecule has 0 saturated heterocycles. The largest absolute Gasteiger partial charge is 0.466 e. The van der Waals surface area contributed by atoms with Crippen molar-refractivity contribution in [3.8, 4) is 0 Å². The van der Waals surface area contributed by atoms with Gasteiger partial charge in [0.05, 0.1) is 25.4 Å². The first-order valence-electron chi connectivity index (χ1n) is 31.9. The van der Waals surface area contributed by atoms with Crippen LogP contribution >= 0.6 is 0 Å². The summed E-state index contributed by atoms with van der Waals surface area (Å²) in [7, 11) is 0. The van der Waals surface area contributed by atoms with Crippen LogP contribution in [0.15, 0.2) is 12.2 Å². The van der Waals surface area contributed by atoms with Gasteiger partial charge in [-0.2, -0.15) is 0 Å². The van der Waals surface area contributed by atoms with Crippen molar-refractivity contribution in [3.63, 3.8) is 0 Å². The van der Waals surface area contributed by atoms with Crippen LogP contribution in [0.25, 0.3) is 0 Å². The molecular weight excluding hydrogens is 863 g/mol. The molecule has 3 N–H and O–H groups in total. The van der Waals surface area contributed by atoms with Gasteiger partial charge in [0.15, 0.2) is 0 Å². The minimum absolute atomic E-state index is 0.00570. The van der Waals surface area contributed by atoms with E-state index in [9.17, 15) is 19.8 Å². The number of rotatable bonds is 60. The Labute approximate surface area is 438 Å². The third-order valence-electron chi connectivity index (χ3n) is 15.1. The molecule has 0 fully saturated rings. The lowest BCUT2D eigenvalue weighted by molar-refractivity contribution is -0.143. The summed E-state index contributed by atoms with van der Waals surface area (Å²) in [5.74, 6) is -0.0432. The van der Waals surface area contributed by atoms with E-state index >= 15 is 0 Å². The predicted molar refractivity (Wildman–Crippen MR) is 306 cm³/mol. The van der Waals surface area contributed by atoms with Gasteiger partial charge in [0.2, 0.25) is 5.91 Å². The molecule has 0 aromatic heterocycles. The van der Waals surface area contributed by atoms with Crippen LogP contribution in [0.3, 0.4) is 0 Å². The standard InChI is InChI=1S/C64H125NO5/c1-3-5-7-9-11-13-15-17-18-19-20-21-22-23-24-25-26-27-30-33-36-40-44-48-52-56-62(67)61(60-66)65-63(68)57-53-49-45-41-37-34-31-28-29-32-35-39-43-47-51-55-59-70-64(69)58-54-50-46-42-38-16-14-12-10-8-6-4-2/h12,14,61-62,66-67H,3-11,13,15-60H2,1-2H3,(H,65,68)/b14-12-. The molecular formula is C64H125NO5. The highest BCUT2D eigenvalue weighted by Crippen LogP contribution is 2.18. The zero-order valence-corrected chi connectivity index (χ0v) is 47.5. The minimum Gasteiger partial charge on any atom is -0.466 e. The zero-order chi connectivity index (χ0) is 50.7. The number of unbranched alkanes of at least 4 members (excludes halogenated alkanes) is 47. The topological polar surface area (TPSA) is 95.9 Å². The molecule has 0 bridgehead atoms. The summed E-state index contributed by atoms with van der Waals surface area (Å²) in [5, 5.41) is 23.4. The van der Waals surface area contributed by atoms with Gasteiger partial charge in [0.25, 0.3) is 0 Å². The first kappa shape index (κ1) is 68.6. The molecule has 2 unspecified atom stereocenters. The van der Waals surface area contributed by atoms with Crippen LogP contribution < -0.4 is 5.32 Å². The minimum atomic E-state index is -0.670. The maximum Gasteiger partial charge on any atom is 0.305 e. The third-order valence-corrected chi connectivity index (χ3v) is 15.1. The summed E-state index contributed by atoms with van der Waals surface area (Å²) in [4.78, 5) is 24.5. The molecule has 0 radical (unpaired) electrons. The lowest BCUT2D eigenvalue weighted by Gasteiger charge is -2.22. The summed E-state index contributed by atoms with van der Waals surface area (Å²) >= 11 is 0. The van der Waals surface area contributed by atoms with Crippen molar-refractivity contribution in [1.29, 1.82) is 0 Å². The normalized spacial score (nSPS) is 12.6. The first-order valence-corrected chi connectivity index (χ1v) is 31.9. The molecule has 1 amide bonds. The van der Waals surface area contributed by atoms with Crippen LogP contribution in [-0.4, -0.2) is 47.4 Å². The van der Waals surface area contributed by atoms with Crippen LogP contribution in [0, 0.1) is 0 Å². The molecule has 2 atom stereocenters. The van der Waals surface area contributed by atoms with E-state index in [1.54, 1.807) is 0 Å². The second-order valence-corrected chi connectivity index (χ2v) is 22.1. The predicted octanol–water partition coefficient (Wildman–Crippen LogP) is 20.0. The van der Waals surface area contributed by atoms with E-state index in [-0.39, 0.29) is 18.5 Å². The molecule has 0 aliphatic carbocycles. The van der Waals surface area contributed by atoms with Crippen molar-refractivity contribution in [3.05, 3.63) is 12.2 Å². The average molecular weight is 989 g/mol. The lowest BCUT2D eigenvalue weighted by Crippen LogP contribution is -2.45. The SMILES string of the molecule is CCCCC/C=C\CCCCCCCC(=O)OCCCCCCCCCCCCCCCCCCC(=O)NC(CO)C(O)CCCCCCCCCCCCCCCCCCCCCCCCCCC. The summed E-state index contributed by atoms with van der Waals surface area (Å²) in [6, 6.07) is -0.548. The van der Waals surface area contributed by atoms with Gasteiger partial charge in [0.1, 0.15) is 0 Å². The Morgan fingerprint density at radius 3 is 1.04 bits per heavy atom. The van der Waals surface area contributed by atoms with E-state index in [4.69, 9.17) is 4.74 Å². The Morgan fingerprint density at radius 2 is 0.671 bits per heavy atom. The molecule has 0 saturated carbocycles. The van der Waals surface area contributed by atoms with E-state index < -0.39 is 12.1 Å². The van der Waals surface area contributed by atoms with Gasteiger partial charge >= 0.3 is 5.97 Å². The number of nitrogens with one attached hydrogen (secondary N) is 1. The molecule has 0 aliphatic heterocycles. The Kier molecular flexibility index (Phi) is 59.0. The number of ether oxygens (including phenoxy) is 1. The van der Waals surface area contributed by atoms with Gasteiger partial charge in [-0.25, -0.2) is 0 Å². The molecule has 6 nitrogen and oxygen atoms in total. The number of aliphatic hydroxyl groups excluding tert-OH is 2. The second-order valence-electron chi connectivity index (χ2n) is 22.1. The summed E-state index contributed by atoms with van der Waals surface area (Å²) in [5.41, 5.74) is 0. The number of esters is 1. The maximum absolute atomic E-state index is 12.5. The van der Waals surface area contributed by atoms with Crippen molar-refractivity contribution in [2.75, 3.05) is 13.2 Å². The van der Waals surface area contributed by atoms with Gasteiger partial charge in [-0.05, 0) is 51.4 Å². The molecule has 6 heteroatoms. The molecule has 0 aliphatic rings. The monoisotopic (exact) mass is 988 g/mol. The van der Waals surface area contributed by atoms with Gasteiger partial charge in [-0.1, -0.05) is 309 Å². The van der Waals surface area contributed by atoms with Crippen molar-refractivity contribution >= 4 is 11.9 Å². The highest BCUT2D eigenvalue weighted by molar-refractivity contribution is 5.76. The number of aliphatic hydroxyl groups is 2. The van der Waals surface area contributed by atoms with Crippen LogP contribution in [0.1, 0.15) is 361 Å². The molecule has 70 heavy (non-hydrogen) atoms. The Balaban J connectivity index is 3.42. The number of carbonyl (C=O) groups excluding carboxylic acids is 2. The average Bonchev–Trinajstić information content (AvgIpc) is 3.36. The number of hydrogen-bond acceptors (Lipinski definition) is 5. The highest BCUT2D eigenvalue weighted by Gasteiger charge is 2.20. The number of carbonyl (C=O) groups is 2. The smallest absolute Gasteiger partial charge is 0.305 e. The first-order chi connectivity index (χ1) is 34.5. The van der Waals surface area contributed by atoms with Crippen molar-refractivity contribution in [2.45, 2.75) is 373 Å². The van der Waals surface area contributed by atoms with E-state index in [1.807, 2.05) is 0 Å². The number of hydrogen-bond donors (Lipinski definition) is 3. The van der Waals surface area contributed by atoms with Crippen LogP contribution in [-0.2, 0) is 14.3 Å². The fourth-order valence-corrected chi connectivity index (χ4v) is 10.2. The molecule has 0 aromatic rings. The van der Waals surface area contributed by atoms with Crippen molar-refractivity contribution < 1.29 is 24.5 Å². The van der Waals surface area contributed by atoms with Crippen molar-refractivity contribution in [2.24, 2.45) is 0 Å². The molecule has 416 valence electrons. The number of allylic oxidation sites excluding steroid dienone is 2. The van der Waals surface area contributed by atoms with E-state index in [0.717, 1.165) is 44.9 Å². The van der Waals surface area contributed by atoms with Crippen LogP contribution in [0.2, 0.25) is 0 Å². The summed E-state index contributed by atoms with van der Waals surface area (Å²) < 4.78 is 5.46. The zero-order valence-electron chi connectivity index (χ0n) is 47.5. The third kappa shape index (κ3) is 55.9. The van der Waals surface area contributed by atoms with E-state index in [0.29, 0.717) is 25.9 Å².